The highest BCUT2D eigenvalue weighted by molar-refractivity contribution is 5.80. The fourth-order valence-corrected chi connectivity index (χ4v) is 2.24. The first-order chi connectivity index (χ1) is 11.4. The highest BCUT2D eigenvalue weighted by Crippen LogP contribution is 2.24. The van der Waals surface area contributed by atoms with Gasteiger partial charge in [0, 0.05) is 35.6 Å². The molecule has 0 aliphatic heterocycles. The minimum Gasteiger partial charge on any atom is -0.439 e. The van der Waals surface area contributed by atoms with Gasteiger partial charge in [-0.1, -0.05) is 0 Å². The summed E-state index contributed by atoms with van der Waals surface area (Å²) in [6.45, 7) is 0. The van der Waals surface area contributed by atoms with Gasteiger partial charge in [0.15, 0.2) is 0 Å². The predicted molar refractivity (Wildman–Crippen MR) is 87.9 cm³/mol. The Labute approximate surface area is 132 Å². The molecular weight excluding hydrogens is 290 g/mol. The number of nitrogens with one attached hydrogen (secondary N) is 2. The number of aromatic nitrogens is 4. The number of benzene rings is 1. The van der Waals surface area contributed by atoms with Crippen LogP contribution in [0.3, 0.4) is 0 Å². The van der Waals surface area contributed by atoms with Crippen molar-refractivity contribution in [3.63, 3.8) is 0 Å². The Hall–Kier alpha value is -3.41. The van der Waals surface area contributed by atoms with Crippen LogP contribution in [0.2, 0.25) is 0 Å². The number of H-pyrrole nitrogens is 1. The molecule has 0 spiro atoms. The Morgan fingerprint density at radius 1 is 1.04 bits per heavy atom. The van der Waals surface area contributed by atoms with E-state index in [2.05, 4.69) is 25.3 Å². The minimum atomic E-state index is 0.457. The van der Waals surface area contributed by atoms with Gasteiger partial charge in [0.1, 0.15) is 5.75 Å². The Balaban J connectivity index is 1.56. The van der Waals surface area contributed by atoms with Crippen molar-refractivity contribution in [2.45, 2.75) is 0 Å². The summed E-state index contributed by atoms with van der Waals surface area (Å²) in [5.74, 6) is 1.66. The van der Waals surface area contributed by atoms with Crippen LogP contribution in [0.5, 0.6) is 11.6 Å². The van der Waals surface area contributed by atoms with Gasteiger partial charge < -0.3 is 15.0 Å². The highest BCUT2D eigenvalue weighted by Gasteiger charge is 2.04. The minimum absolute atomic E-state index is 0.457. The second kappa shape index (κ2) is 5.76. The largest absolute Gasteiger partial charge is 0.439 e. The molecule has 4 aromatic rings. The molecule has 6 heteroatoms. The molecule has 0 aliphatic carbocycles. The number of rotatable bonds is 4. The van der Waals surface area contributed by atoms with Crippen molar-refractivity contribution in [3.8, 4) is 11.6 Å². The van der Waals surface area contributed by atoms with Crippen molar-refractivity contribution in [2.24, 2.45) is 0 Å². The van der Waals surface area contributed by atoms with Crippen molar-refractivity contribution in [2.75, 3.05) is 5.32 Å². The van der Waals surface area contributed by atoms with E-state index in [-0.39, 0.29) is 0 Å². The molecule has 3 aromatic heterocycles. The normalized spacial score (nSPS) is 10.6. The van der Waals surface area contributed by atoms with Crippen molar-refractivity contribution in [1.29, 1.82) is 0 Å². The highest BCUT2D eigenvalue weighted by atomic mass is 16.5. The lowest BCUT2D eigenvalue weighted by Gasteiger charge is -2.07. The lowest BCUT2D eigenvalue weighted by molar-refractivity contribution is 0.463. The number of hydrogen-bond donors (Lipinski definition) is 2. The molecule has 6 nitrogen and oxygen atoms in total. The summed E-state index contributed by atoms with van der Waals surface area (Å²) in [6.07, 6.45) is 6.96. The topological polar surface area (TPSA) is 75.7 Å². The predicted octanol–water partition coefficient (Wildman–Crippen LogP) is 3.89. The second-order valence-electron chi connectivity index (χ2n) is 4.91. The standard InChI is InChI=1S/C17H13N5O/c1-2-13(11-18-7-1)21-17-20-9-6-16(22-17)23-14-3-4-15-12(10-14)5-8-19-15/h1-11,19H,(H,20,21,22). The molecule has 3 heterocycles. The third-order valence-electron chi connectivity index (χ3n) is 3.29. The van der Waals surface area contributed by atoms with Gasteiger partial charge in [0.2, 0.25) is 11.8 Å². The first-order valence-corrected chi connectivity index (χ1v) is 7.12. The fraction of sp³-hybridized carbons (Fsp3) is 0. The molecule has 0 saturated heterocycles. The van der Waals surface area contributed by atoms with Crippen molar-refractivity contribution < 1.29 is 4.74 Å². The van der Waals surface area contributed by atoms with E-state index in [9.17, 15) is 0 Å². The average molecular weight is 303 g/mol. The van der Waals surface area contributed by atoms with Crippen LogP contribution in [0.15, 0.2) is 67.3 Å². The summed E-state index contributed by atoms with van der Waals surface area (Å²) < 4.78 is 5.81. The SMILES string of the molecule is c1cncc(Nc2nccc(Oc3ccc4[nH]ccc4c3)n2)c1. The van der Waals surface area contributed by atoms with Gasteiger partial charge >= 0.3 is 0 Å². The summed E-state index contributed by atoms with van der Waals surface area (Å²) in [4.78, 5) is 15.7. The van der Waals surface area contributed by atoms with Gasteiger partial charge in [-0.3, -0.25) is 4.98 Å². The number of ether oxygens (including phenoxy) is 1. The molecule has 4 rings (SSSR count). The molecule has 0 unspecified atom stereocenters. The van der Waals surface area contributed by atoms with Crippen molar-refractivity contribution in [1.82, 2.24) is 19.9 Å². The van der Waals surface area contributed by atoms with E-state index in [1.807, 2.05) is 42.6 Å². The van der Waals surface area contributed by atoms with E-state index in [4.69, 9.17) is 4.74 Å². The lowest BCUT2D eigenvalue weighted by atomic mass is 10.2. The Bertz CT molecular complexity index is 936. The summed E-state index contributed by atoms with van der Waals surface area (Å²) in [5, 5.41) is 4.17. The van der Waals surface area contributed by atoms with Crippen LogP contribution in [-0.4, -0.2) is 19.9 Å². The molecule has 2 N–H and O–H groups in total. The maximum absolute atomic E-state index is 5.81. The maximum atomic E-state index is 5.81. The summed E-state index contributed by atoms with van der Waals surface area (Å²) >= 11 is 0. The molecule has 1 aromatic carbocycles. The third kappa shape index (κ3) is 2.96. The number of pyridine rings is 1. The number of anilines is 2. The van der Waals surface area contributed by atoms with E-state index in [0.717, 1.165) is 22.3 Å². The summed E-state index contributed by atoms with van der Waals surface area (Å²) in [5.41, 5.74) is 1.89. The quantitative estimate of drug-likeness (QED) is 0.598. The van der Waals surface area contributed by atoms with Crippen molar-refractivity contribution in [3.05, 3.63) is 67.3 Å². The first-order valence-electron chi connectivity index (χ1n) is 7.12. The number of hydrogen-bond acceptors (Lipinski definition) is 5. The zero-order valence-electron chi connectivity index (χ0n) is 12.1. The molecule has 0 radical (unpaired) electrons. The molecule has 0 amide bonds. The van der Waals surface area contributed by atoms with Gasteiger partial charge in [-0.25, -0.2) is 4.98 Å². The van der Waals surface area contributed by atoms with Crippen LogP contribution in [0, 0.1) is 0 Å². The number of nitrogens with zero attached hydrogens (tertiary/aromatic N) is 3. The van der Waals surface area contributed by atoms with Gasteiger partial charge in [-0.05, 0) is 36.4 Å². The monoisotopic (exact) mass is 303 g/mol. The maximum Gasteiger partial charge on any atom is 0.230 e. The number of fused-ring (bicyclic) bond motifs is 1. The van der Waals surface area contributed by atoms with Crippen LogP contribution in [0.4, 0.5) is 11.6 Å². The lowest BCUT2D eigenvalue weighted by Crippen LogP contribution is -1.98. The van der Waals surface area contributed by atoms with Crippen LogP contribution in [-0.2, 0) is 0 Å². The summed E-state index contributed by atoms with van der Waals surface area (Å²) in [7, 11) is 0. The number of aromatic amines is 1. The molecule has 0 saturated carbocycles. The Morgan fingerprint density at radius 2 is 2.04 bits per heavy atom. The van der Waals surface area contributed by atoms with Gasteiger partial charge in [0.05, 0.1) is 11.9 Å². The molecule has 0 atom stereocenters. The zero-order chi connectivity index (χ0) is 15.5. The molecular formula is C17H13N5O. The Morgan fingerprint density at radius 3 is 2.96 bits per heavy atom. The van der Waals surface area contributed by atoms with Gasteiger partial charge in [-0.15, -0.1) is 0 Å². The average Bonchev–Trinajstić information content (AvgIpc) is 3.04. The van der Waals surface area contributed by atoms with Gasteiger partial charge in [-0.2, -0.15) is 4.98 Å². The molecule has 0 bridgehead atoms. The Kier molecular flexibility index (Phi) is 3.32. The fourth-order valence-electron chi connectivity index (χ4n) is 2.24. The van der Waals surface area contributed by atoms with E-state index < -0.39 is 0 Å². The molecule has 23 heavy (non-hydrogen) atoms. The molecule has 0 aliphatic rings. The molecule has 0 fully saturated rings. The summed E-state index contributed by atoms with van der Waals surface area (Å²) in [6, 6.07) is 13.3. The van der Waals surface area contributed by atoms with E-state index in [0.29, 0.717) is 11.8 Å². The first kappa shape index (κ1) is 13.3. The second-order valence-corrected chi connectivity index (χ2v) is 4.91. The van der Waals surface area contributed by atoms with E-state index in [1.165, 1.54) is 0 Å². The van der Waals surface area contributed by atoms with Crippen molar-refractivity contribution >= 4 is 22.5 Å². The van der Waals surface area contributed by atoms with Crippen LogP contribution < -0.4 is 10.1 Å². The van der Waals surface area contributed by atoms with E-state index >= 15 is 0 Å². The van der Waals surface area contributed by atoms with E-state index in [1.54, 1.807) is 24.7 Å². The van der Waals surface area contributed by atoms with Crippen LogP contribution in [0.1, 0.15) is 0 Å². The van der Waals surface area contributed by atoms with Crippen LogP contribution >= 0.6 is 0 Å². The van der Waals surface area contributed by atoms with Crippen LogP contribution in [0.25, 0.3) is 10.9 Å². The van der Waals surface area contributed by atoms with Gasteiger partial charge in [0.25, 0.3) is 0 Å². The third-order valence-corrected chi connectivity index (χ3v) is 3.29. The molecule has 112 valence electrons. The smallest absolute Gasteiger partial charge is 0.230 e. The zero-order valence-corrected chi connectivity index (χ0v) is 12.1.